The topological polar surface area (TPSA) is 113 Å². The molecule has 8 nitrogen and oxygen atoms in total. The molecular formula is C14H16N4O4. The lowest BCUT2D eigenvalue weighted by atomic mass is 10.2. The van der Waals surface area contributed by atoms with Crippen molar-refractivity contribution in [2.24, 2.45) is 5.92 Å². The van der Waals surface area contributed by atoms with Gasteiger partial charge in [0.2, 0.25) is 5.91 Å². The van der Waals surface area contributed by atoms with Gasteiger partial charge in [0.25, 0.3) is 17.0 Å². The molecule has 8 heteroatoms. The number of hydrogen-bond acceptors (Lipinski definition) is 4. The van der Waals surface area contributed by atoms with Gasteiger partial charge in [0.15, 0.2) is 0 Å². The van der Waals surface area contributed by atoms with Crippen LogP contribution >= 0.6 is 0 Å². The van der Waals surface area contributed by atoms with E-state index in [1.807, 2.05) is 0 Å². The van der Waals surface area contributed by atoms with Gasteiger partial charge in [-0.05, 0) is 12.1 Å². The fourth-order valence-electron chi connectivity index (χ4n) is 1.82. The number of aromatic amines is 1. The Bertz CT molecular complexity index is 835. The highest BCUT2D eigenvalue weighted by Crippen LogP contribution is 2.02. The van der Waals surface area contributed by atoms with Crippen LogP contribution in [0.5, 0.6) is 0 Å². The van der Waals surface area contributed by atoms with Crippen molar-refractivity contribution in [2.45, 2.75) is 20.4 Å². The second kappa shape index (κ2) is 6.25. The summed E-state index contributed by atoms with van der Waals surface area (Å²) in [4.78, 5) is 47.1. The predicted molar refractivity (Wildman–Crippen MR) is 80.0 cm³/mol. The number of amides is 2. The smallest absolute Gasteiger partial charge is 0.273 e. The monoisotopic (exact) mass is 304 g/mol. The van der Waals surface area contributed by atoms with Gasteiger partial charge in [-0.25, -0.2) is 4.68 Å². The molecule has 0 spiro atoms. The third-order valence-corrected chi connectivity index (χ3v) is 3.03. The molecule has 0 atom stereocenters. The molecule has 1 heterocycles. The number of nitrogens with one attached hydrogen (secondary N) is 3. The van der Waals surface area contributed by atoms with Crippen LogP contribution in [0, 0.1) is 5.92 Å². The summed E-state index contributed by atoms with van der Waals surface area (Å²) in [7, 11) is 0. The number of nitrogens with zero attached hydrogens (tertiary/aromatic N) is 1. The van der Waals surface area contributed by atoms with Crippen LogP contribution in [0.3, 0.4) is 0 Å². The van der Waals surface area contributed by atoms with Crippen molar-refractivity contribution in [3.8, 4) is 0 Å². The summed E-state index contributed by atoms with van der Waals surface area (Å²) in [5.41, 5.74) is 3.46. The van der Waals surface area contributed by atoms with Crippen LogP contribution in [-0.4, -0.2) is 21.6 Å². The van der Waals surface area contributed by atoms with Gasteiger partial charge in [0.05, 0.1) is 10.8 Å². The number of hydrogen-bond donors (Lipinski definition) is 3. The zero-order valence-electron chi connectivity index (χ0n) is 12.2. The molecule has 0 bridgehead atoms. The van der Waals surface area contributed by atoms with E-state index in [0.29, 0.717) is 0 Å². The summed E-state index contributed by atoms with van der Waals surface area (Å²) >= 11 is 0. The highest BCUT2D eigenvalue weighted by molar-refractivity contribution is 5.83. The first-order chi connectivity index (χ1) is 10.4. The Hall–Kier alpha value is -2.90. The Labute approximate surface area is 125 Å². The van der Waals surface area contributed by atoms with Crippen molar-refractivity contribution in [1.29, 1.82) is 0 Å². The number of rotatable bonds is 3. The molecule has 1 aromatic heterocycles. The van der Waals surface area contributed by atoms with Crippen molar-refractivity contribution < 1.29 is 9.59 Å². The molecule has 0 aliphatic carbocycles. The maximum absolute atomic E-state index is 12.2. The van der Waals surface area contributed by atoms with Crippen molar-refractivity contribution >= 4 is 22.6 Å². The van der Waals surface area contributed by atoms with E-state index in [0.717, 1.165) is 4.68 Å². The first kappa shape index (κ1) is 15.5. The van der Waals surface area contributed by atoms with Gasteiger partial charge in [0, 0.05) is 5.92 Å². The molecule has 0 saturated heterocycles. The maximum Gasteiger partial charge on any atom is 0.273 e. The van der Waals surface area contributed by atoms with E-state index in [4.69, 9.17) is 0 Å². The van der Waals surface area contributed by atoms with E-state index in [-0.39, 0.29) is 22.6 Å². The van der Waals surface area contributed by atoms with Crippen LogP contribution in [0.1, 0.15) is 13.8 Å². The molecule has 116 valence electrons. The third-order valence-electron chi connectivity index (χ3n) is 3.03. The predicted octanol–water partition coefficient (Wildman–Crippen LogP) is -0.507. The molecule has 0 radical (unpaired) electrons. The Balaban J connectivity index is 2.20. The zero-order valence-corrected chi connectivity index (χ0v) is 12.2. The molecule has 22 heavy (non-hydrogen) atoms. The average Bonchev–Trinajstić information content (AvgIpc) is 2.50. The summed E-state index contributed by atoms with van der Waals surface area (Å²) < 4.78 is 0.904. The van der Waals surface area contributed by atoms with E-state index in [9.17, 15) is 19.2 Å². The largest absolute Gasteiger partial charge is 0.273 e. The van der Waals surface area contributed by atoms with Gasteiger partial charge in [0.1, 0.15) is 6.54 Å². The fourth-order valence-corrected chi connectivity index (χ4v) is 1.82. The quantitative estimate of drug-likeness (QED) is 0.663. The molecule has 2 amide bonds. The van der Waals surface area contributed by atoms with Crippen LogP contribution in [-0.2, 0) is 16.1 Å². The Kier molecular flexibility index (Phi) is 4.40. The van der Waals surface area contributed by atoms with Gasteiger partial charge >= 0.3 is 0 Å². The van der Waals surface area contributed by atoms with E-state index in [1.54, 1.807) is 26.0 Å². The lowest BCUT2D eigenvalue weighted by Gasteiger charge is -2.10. The number of benzene rings is 1. The number of carbonyl (C=O) groups is 2. The highest BCUT2D eigenvalue weighted by Gasteiger charge is 2.11. The van der Waals surface area contributed by atoms with Crippen LogP contribution in [0.4, 0.5) is 0 Å². The summed E-state index contributed by atoms with van der Waals surface area (Å²) in [5, 5.41) is 2.82. The van der Waals surface area contributed by atoms with E-state index < -0.39 is 23.6 Å². The summed E-state index contributed by atoms with van der Waals surface area (Å²) in [5.74, 6) is -1.27. The van der Waals surface area contributed by atoms with Crippen LogP contribution in [0.25, 0.3) is 10.8 Å². The maximum atomic E-state index is 12.2. The number of hydrazine groups is 1. The molecule has 2 aromatic rings. The second-order valence-electron chi connectivity index (χ2n) is 5.07. The fraction of sp³-hybridized carbons (Fsp3) is 0.286. The molecule has 0 aliphatic heterocycles. The first-order valence-corrected chi connectivity index (χ1v) is 6.70. The zero-order chi connectivity index (χ0) is 16.3. The molecule has 0 aliphatic rings. The lowest BCUT2D eigenvalue weighted by molar-refractivity contribution is -0.131. The van der Waals surface area contributed by atoms with Crippen LogP contribution in [0.2, 0.25) is 0 Å². The van der Waals surface area contributed by atoms with E-state index >= 15 is 0 Å². The third kappa shape index (κ3) is 3.22. The summed E-state index contributed by atoms with van der Waals surface area (Å²) in [6.45, 7) is 2.94. The van der Waals surface area contributed by atoms with Crippen molar-refractivity contribution in [2.75, 3.05) is 0 Å². The van der Waals surface area contributed by atoms with Crippen molar-refractivity contribution in [3.05, 3.63) is 45.0 Å². The minimum atomic E-state index is -0.623. The second-order valence-corrected chi connectivity index (χ2v) is 5.07. The standard InChI is InChI=1S/C14H16N4O4/c1-8(2)12(20)16-15-11(19)7-18-14(22)10-6-4-3-5-9(10)13(21)17-18/h3-6,8H,7H2,1-2H3,(H,15,19)(H,16,20)(H,17,21). The number of fused-ring (bicyclic) bond motifs is 1. The van der Waals surface area contributed by atoms with Crippen molar-refractivity contribution in [1.82, 2.24) is 20.6 Å². The molecule has 0 saturated carbocycles. The molecule has 1 aromatic carbocycles. The normalized spacial score (nSPS) is 10.7. The number of carbonyl (C=O) groups excluding carboxylic acids is 2. The molecule has 0 unspecified atom stereocenters. The number of H-pyrrole nitrogens is 1. The molecule has 2 rings (SSSR count). The highest BCUT2D eigenvalue weighted by atomic mass is 16.2. The summed E-state index contributed by atoms with van der Waals surface area (Å²) in [6, 6.07) is 6.33. The Morgan fingerprint density at radius 3 is 2.41 bits per heavy atom. The van der Waals surface area contributed by atoms with E-state index in [1.165, 1.54) is 12.1 Å². The van der Waals surface area contributed by atoms with Crippen LogP contribution in [0.15, 0.2) is 33.9 Å². The van der Waals surface area contributed by atoms with Gasteiger partial charge in [-0.2, -0.15) is 0 Å². The Morgan fingerprint density at radius 1 is 1.14 bits per heavy atom. The molecule has 0 fully saturated rings. The first-order valence-electron chi connectivity index (χ1n) is 6.70. The van der Waals surface area contributed by atoms with Crippen LogP contribution < -0.4 is 22.0 Å². The SMILES string of the molecule is CC(C)C(=O)NNC(=O)Cn1[nH]c(=O)c2ccccc2c1=O. The summed E-state index contributed by atoms with van der Waals surface area (Å²) in [6.07, 6.45) is 0. The van der Waals surface area contributed by atoms with E-state index in [2.05, 4.69) is 16.0 Å². The Morgan fingerprint density at radius 2 is 1.77 bits per heavy atom. The minimum absolute atomic E-state index is 0.227. The van der Waals surface area contributed by atoms with Crippen molar-refractivity contribution in [3.63, 3.8) is 0 Å². The molecule has 3 N–H and O–H groups in total. The minimum Gasteiger partial charge on any atom is -0.273 e. The average molecular weight is 304 g/mol. The molecular weight excluding hydrogens is 288 g/mol. The van der Waals surface area contributed by atoms with Gasteiger partial charge in [-0.3, -0.25) is 35.1 Å². The van der Waals surface area contributed by atoms with Gasteiger partial charge in [-0.15, -0.1) is 0 Å². The van der Waals surface area contributed by atoms with Gasteiger partial charge < -0.3 is 0 Å². The van der Waals surface area contributed by atoms with Gasteiger partial charge in [-0.1, -0.05) is 26.0 Å². The number of aromatic nitrogens is 2. The lowest BCUT2D eigenvalue weighted by Crippen LogP contribution is -2.46.